The molecule has 0 aliphatic heterocycles. The molecule has 2 N–H and O–H groups in total. The maximum atomic E-state index is 12.1. The van der Waals surface area contributed by atoms with Crippen molar-refractivity contribution in [3.05, 3.63) is 30.5 Å². The molecule has 4 heteroatoms. The van der Waals surface area contributed by atoms with Gasteiger partial charge in [-0.25, -0.2) is 0 Å². The smallest absolute Gasteiger partial charge is 0.227 e. The van der Waals surface area contributed by atoms with Crippen LogP contribution in [0.25, 0.3) is 10.9 Å². The van der Waals surface area contributed by atoms with Crippen LogP contribution in [0.1, 0.15) is 32.1 Å². The van der Waals surface area contributed by atoms with Crippen LogP contribution in [0.5, 0.6) is 0 Å². The lowest BCUT2D eigenvalue weighted by Gasteiger charge is -2.21. The van der Waals surface area contributed by atoms with E-state index >= 15 is 0 Å². The minimum absolute atomic E-state index is 0.108. The second-order valence-electron chi connectivity index (χ2n) is 5.86. The van der Waals surface area contributed by atoms with E-state index < -0.39 is 5.60 Å². The van der Waals surface area contributed by atoms with Gasteiger partial charge in [0.1, 0.15) is 0 Å². The van der Waals surface area contributed by atoms with Crippen molar-refractivity contribution in [3.8, 4) is 0 Å². The molecule has 3 rings (SSSR count). The summed E-state index contributed by atoms with van der Waals surface area (Å²) in [5.74, 6) is -0.108. The zero-order valence-electron chi connectivity index (χ0n) is 11.7. The summed E-state index contributed by atoms with van der Waals surface area (Å²) in [6, 6.07) is 7.91. The molecule has 1 aliphatic rings. The van der Waals surface area contributed by atoms with Gasteiger partial charge in [0.05, 0.1) is 12.0 Å². The molecule has 1 amide bonds. The third kappa shape index (κ3) is 2.56. The fraction of sp³-hybridized carbons (Fsp3) is 0.438. The van der Waals surface area contributed by atoms with Crippen molar-refractivity contribution in [1.29, 1.82) is 0 Å². The number of aromatic nitrogens is 1. The van der Waals surface area contributed by atoms with E-state index in [0.29, 0.717) is 0 Å². The molecule has 1 heterocycles. The predicted octanol–water partition coefficient (Wildman–Crippen LogP) is 2.81. The van der Waals surface area contributed by atoms with E-state index in [1.54, 1.807) is 0 Å². The number of aryl methyl sites for hydroxylation is 1. The number of nitrogens with one attached hydrogen (secondary N) is 1. The van der Waals surface area contributed by atoms with Crippen LogP contribution in [0, 0.1) is 0 Å². The number of aliphatic hydroxyl groups is 1. The summed E-state index contributed by atoms with van der Waals surface area (Å²) >= 11 is 0. The van der Waals surface area contributed by atoms with Crippen molar-refractivity contribution in [2.75, 3.05) is 5.32 Å². The van der Waals surface area contributed by atoms with Crippen LogP contribution in [0.15, 0.2) is 30.5 Å². The molecule has 1 saturated carbocycles. The van der Waals surface area contributed by atoms with E-state index in [9.17, 15) is 9.90 Å². The summed E-state index contributed by atoms with van der Waals surface area (Å²) in [5.41, 5.74) is 1.08. The molecule has 20 heavy (non-hydrogen) atoms. The van der Waals surface area contributed by atoms with Gasteiger partial charge in [-0.05, 0) is 36.4 Å². The van der Waals surface area contributed by atoms with Gasteiger partial charge >= 0.3 is 0 Å². The Labute approximate surface area is 118 Å². The van der Waals surface area contributed by atoms with E-state index in [1.165, 1.54) is 0 Å². The van der Waals surface area contributed by atoms with E-state index in [4.69, 9.17) is 0 Å². The fourth-order valence-electron chi connectivity index (χ4n) is 3.05. The van der Waals surface area contributed by atoms with Gasteiger partial charge in [-0.2, -0.15) is 0 Å². The van der Waals surface area contributed by atoms with Gasteiger partial charge in [-0.1, -0.05) is 18.9 Å². The second-order valence-corrected chi connectivity index (χ2v) is 5.86. The SMILES string of the molecule is Cn1ccc2ccc(NC(=O)CC3(O)CCCC3)cc21. The average Bonchev–Trinajstić information content (AvgIpc) is 2.97. The highest BCUT2D eigenvalue weighted by atomic mass is 16.3. The van der Waals surface area contributed by atoms with E-state index in [1.807, 2.05) is 42.1 Å². The molecular formula is C16H20N2O2. The molecule has 2 aromatic rings. The third-order valence-electron chi connectivity index (χ3n) is 4.20. The van der Waals surface area contributed by atoms with Crippen molar-refractivity contribution >= 4 is 22.5 Å². The molecular weight excluding hydrogens is 252 g/mol. The first-order valence-corrected chi connectivity index (χ1v) is 7.13. The lowest BCUT2D eigenvalue weighted by Crippen LogP contribution is -2.30. The average molecular weight is 272 g/mol. The topological polar surface area (TPSA) is 54.3 Å². The van der Waals surface area contributed by atoms with E-state index in [0.717, 1.165) is 42.3 Å². The number of benzene rings is 1. The number of anilines is 1. The first kappa shape index (κ1) is 13.2. The Morgan fingerprint density at radius 3 is 2.85 bits per heavy atom. The van der Waals surface area contributed by atoms with Crippen LogP contribution in [0.2, 0.25) is 0 Å². The molecule has 1 aromatic carbocycles. The lowest BCUT2D eigenvalue weighted by atomic mass is 9.97. The van der Waals surface area contributed by atoms with Crippen molar-refractivity contribution in [2.45, 2.75) is 37.7 Å². The largest absolute Gasteiger partial charge is 0.389 e. The molecule has 4 nitrogen and oxygen atoms in total. The Kier molecular flexibility index (Phi) is 3.26. The molecule has 0 radical (unpaired) electrons. The van der Waals surface area contributed by atoms with Gasteiger partial charge < -0.3 is 15.0 Å². The number of nitrogens with zero attached hydrogens (tertiary/aromatic N) is 1. The summed E-state index contributed by atoms with van der Waals surface area (Å²) in [5, 5.41) is 14.3. The highest BCUT2D eigenvalue weighted by Crippen LogP contribution is 2.32. The van der Waals surface area contributed by atoms with Gasteiger partial charge in [0, 0.05) is 24.4 Å². The normalized spacial score (nSPS) is 17.5. The van der Waals surface area contributed by atoms with Gasteiger partial charge in [0.25, 0.3) is 0 Å². The van der Waals surface area contributed by atoms with Crippen molar-refractivity contribution in [1.82, 2.24) is 4.57 Å². The molecule has 1 fully saturated rings. The zero-order valence-corrected chi connectivity index (χ0v) is 11.7. The second kappa shape index (κ2) is 4.94. The Hall–Kier alpha value is -1.81. The van der Waals surface area contributed by atoms with Crippen LogP contribution >= 0.6 is 0 Å². The molecule has 0 bridgehead atoms. The zero-order chi connectivity index (χ0) is 14.2. The first-order chi connectivity index (χ1) is 9.56. The minimum atomic E-state index is -0.793. The van der Waals surface area contributed by atoms with Gasteiger partial charge in [0.2, 0.25) is 5.91 Å². The quantitative estimate of drug-likeness (QED) is 0.902. The number of hydrogen-bond donors (Lipinski definition) is 2. The summed E-state index contributed by atoms with van der Waals surface area (Å²) in [6.07, 6.45) is 5.68. The van der Waals surface area contributed by atoms with Gasteiger partial charge in [0.15, 0.2) is 0 Å². The van der Waals surface area contributed by atoms with E-state index in [-0.39, 0.29) is 12.3 Å². The van der Waals surface area contributed by atoms with Crippen molar-refractivity contribution < 1.29 is 9.90 Å². The van der Waals surface area contributed by atoms with Crippen LogP contribution in [-0.4, -0.2) is 21.2 Å². The molecule has 0 spiro atoms. The predicted molar refractivity (Wildman–Crippen MR) is 79.6 cm³/mol. The number of hydrogen-bond acceptors (Lipinski definition) is 2. The summed E-state index contributed by atoms with van der Waals surface area (Å²) < 4.78 is 2.02. The summed E-state index contributed by atoms with van der Waals surface area (Å²) in [6.45, 7) is 0. The highest BCUT2D eigenvalue weighted by Gasteiger charge is 2.33. The monoisotopic (exact) mass is 272 g/mol. The molecule has 106 valence electrons. The number of amides is 1. The Bertz CT molecular complexity index is 639. The van der Waals surface area contributed by atoms with Crippen LogP contribution in [-0.2, 0) is 11.8 Å². The van der Waals surface area contributed by atoms with Crippen molar-refractivity contribution in [3.63, 3.8) is 0 Å². The van der Waals surface area contributed by atoms with Crippen LogP contribution < -0.4 is 5.32 Å². The number of fused-ring (bicyclic) bond motifs is 1. The number of carbonyl (C=O) groups excluding carboxylic acids is 1. The van der Waals surface area contributed by atoms with Gasteiger partial charge in [-0.15, -0.1) is 0 Å². The lowest BCUT2D eigenvalue weighted by molar-refractivity contribution is -0.120. The third-order valence-corrected chi connectivity index (χ3v) is 4.20. The molecule has 0 unspecified atom stereocenters. The molecule has 1 aromatic heterocycles. The fourth-order valence-corrected chi connectivity index (χ4v) is 3.05. The highest BCUT2D eigenvalue weighted by molar-refractivity contribution is 5.94. The summed E-state index contributed by atoms with van der Waals surface area (Å²) in [4.78, 5) is 12.1. The summed E-state index contributed by atoms with van der Waals surface area (Å²) in [7, 11) is 1.98. The Morgan fingerprint density at radius 2 is 2.10 bits per heavy atom. The number of carbonyl (C=O) groups is 1. The van der Waals surface area contributed by atoms with Crippen molar-refractivity contribution in [2.24, 2.45) is 7.05 Å². The Balaban J connectivity index is 1.72. The molecule has 0 atom stereocenters. The van der Waals surface area contributed by atoms with Crippen LogP contribution in [0.3, 0.4) is 0 Å². The Morgan fingerprint density at radius 1 is 1.35 bits per heavy atom. The standard InChI is InChI=1S/C16H20N2O2/c1-18-9-6-12-4-5-13(10-14(12)18)17-15(19)11-16(20)7-2-3-8-16/h4-6,9-10,20H,2-3,7-8,11H2,1H3,(H,17,19). The van der Waals surface area contributed by atoms with Crippen LogP contribution in [0.4, 0.5) is 5.69 Å². The maximum absolute atomic E-state index is 12.1. The van der Waals surface area contributed by atoms with Gasteiger partial charge in [-0.3, -0.25) is 4.79 Å². The van der Waals surface area contributed by atoms with E-state index in [2.05, 4.69) is 5.32 Å². The minimum Gasteiger partial charge on any atom is -0.389 e. The number of rotatable bonds is 3. The molecule has 1 aliphatic carbocycles. The first-order valence-electron chi connectivity index (χ1n) is 7.13. The molecule has 0 saturated heterocycles. The maximum Gasteiger partial charge on any atom is 0.227 e.